The largest absolute Gasteiger partial charge is 0.503 e. The van der Waals surface area contributed by atoms with Gasteiger partial charge in [-0.1, -0.05) is 0 Å². The molecule has 0 heterocycles. The molecule has 2 rings (SSSR count). The van der Waals surface area contributed by atoms with Crippen molar-refractivity contribution in [1.82, 2.24) is 0 Å². The van der Waals surface area contributed by atoms with Crippen LogP contribution in [0.15, 0.2) is 40.9 Å². The molecule has 0 bridgehead atoms. The van der Waals surface area contributed by atoms with Gasteiger partial charge >= 0.3 is 0 Å². The van der Waals surface area contributed by atoms with Crippen molar-refractivity contribution in [3.05, 3.63) is 58.1 Å². The summed E-state index contributed by atoms with van der Waals surface area (Å²) < 4.78 is 26.2. The minimum Gasteiger partial charge on any atom is -0.503 e. The monoisotopic (exact) mass is 327 g/mol. The van der Waals surface area contributed by atoms with E-state index in [1.807, 2.05) is 0 Å². The SMILES string of the molecule is O=C(Nc1ccc(Br)c(F)c1O)c1ccc(F)cc1. The number of benzene rings is 2. The molecule has 0 aromatic heterocycles. The second-order valence-electron chi connectivity index (χ2n) is 3.72. The Balaban J connectivity index is 2.24. The maximum Gasteiger partial charge on any atom is 0.255 e. The Morgan fingerprint density at radius 2 is 1.74 bits per heavy atom. The number of carbonyl (C=O) groups is 1. The molecule has 0 aliphatic carbocycles. The summed E-state index contributed by atoms with van der Waals surface area (Å²) in [4.78, 5) is 11.8. The first-order valence-electron chi connectivity index (χ1n) is 5.23. The first-order chi connectivity index (χ1) is 8.99. The molecule has 0 spiro atoms. The summed E-state index contributed by atoms with van der Waals surface area (Å²) in [6.45, 7) is 0. The van der Waals surface area contributed by atoms with E-state index in [9.17, 15) is 18.7 Å². The lowest BCUT2D eigenvalue weighted by molar-refractivity contribution is 0.102. The van der Waals surface area contributed by atoms with Gasteiger partial charge < -0.3 is 10.4 Å². The molecule has 2 N–H and O–H groups in total. The molecule has 6 heteroatoms. The summed E-state index contributed by atoms with van der Waals surface area (Å²) in [6.07, 6.45) is 0. The third kappa shape index (κ3) is 2.90. The molecule has 0 radical (unpaired) electrons. The van der Waals surface area contributed by atoms with Gasteiger partial charge in [0, 0.05) is 5.56 Å². The van der Waals surface area contributed by atoms with Crippen molar-refractivity contribution in [2.75, 3.05) is 5.32 Å². The van der Waals surface area contributed by atoms with Crippen LogP contribution >= 0.6 is 15.9 Å². The summed E-state index contributed by atoms with van der Waals surface area (Å²) in [7, 11) is 0. The molecule has 0 atom stereocenters. The van der Waals surface area contributed by atoms with Gasteiger partial charge in [-0.05, 0) is 52.3 Å². The normalized spacial score (nSPS) is 10.3. The van der Waals surface area contributed by atoms with Gasteiger partial charge in [0.25, 0.3) is 5.91 Å². The number of phenolic OH excluding ortho intramolecular Hbond substituents is 1. The van der Waals surface area contributed by atoms with Crippen LogP contribution < -0.4 is 5.32 Å². The maximum absolute atomic E-state index is 13.4. The molecule has 0 aliphatic heterocycles. The Hall–Kier alpha value is -1.95. The lowest BCUT2D eigenvalue weighted by Crippen LogP contribution is -2.12. The number of phenols is 1. The van der Waals surface area contributed by atoms with Crippen LogP contribution in [0, 0.1) is 11.6 Å². The van der Waals surface area contributed by atoms with Gasteiger partial charge in [0.1, 0.15) is 5.82 Å². The van der Waals surface area contributed by atoms with Crippen LogP contribution in [-0.2, 0) is 0 Å². The molecule has 3 nitrogen and oxygen atoms in total. The summed E-state index contributed by atoms with van der Waals surface area (Å²) in [5.74, 6) is -2.56. The van der Waals surface area contributed by atoms with Gasteiger partial charge in [0.05, 0.1) is 10.2 Å². The molecule has 19 heavy (non-hydrogen) atoms. The summed E-state index contributed by atoms with van der Waals surface area (Å²) in [5.41, 5.74) is 0.138. The van der Waals surface area contributed by atoms with Crippen LogP contribution in [0.3, 0.4) is 0 Å². The fourth-order valence-corrected chi connectivity index (χ4v) is 1.76. The van der Waals surface area contributed by atoms with E-state index in [4.69, 9.17) is 0 Å². The van der Waals surface area contributed by atoms with Gasteiger partial charge in [0.15, 0.2) is 11.6 Å². The number of carbonyl (C=O) groups excluding carboxylic acids is 1. The average Bonchev–Trinajstić information content (AvgIpc) is 2.40. The van der Waals surface area contributed by atoms with E-state index in [2.05, 4.69) is 21.2 Å². The molecular weight excluding hydrogens is 320 g/mol. The standard InChI is InChI=1S/C13H8BrF2NO2/c14-9-5-6-10(12(18)11(9)16)17-13(19)7-1-3-8(15)4-2-7/h1-6,18H,(H,17,19). The van der Waals surface area contributed by atoms with Crippen LogP contribution in [0.2, 0.25) is 0 Å². The fraction of sp³-hybridized carbons (Fsp3) is 0. The number of halogens is 3. The van der Waals surface area contributed by atoms with E-state index in [0.717, 1.165) is 12.1 Å². The third-order valence-electron chi connectivity index (χ3n) is 2.42. The number of amides is 1. The Morgan fingerprint density at radius 1 is 1.11 bits per heavy atom. The Morgan fingerprint density at radius 3 is 2.37 bits per heavy atom. The van der Waals surface area contributed by atoms with Crippen LogP contribution in [0.1, 0.15) is 10.4 Å². The number of nitrogens with one attached hydrogen (secondary N) is 1. The molecule has 0 saturated heterocycles. The molecule has 98 valence electrons. The molecule has 0 aliphatic rings. The Labute approximate surface area is 116 Å². The zero-order valence-corrected chi connectivity index (χ0v) is 11.0. The van der Waals surface area contributed by atoms with Crippen molar-refractivity contribution >= 4 is 27.5 Å². The van der Waals surface area contributed by atoms with E-state index in [1.165, 1.54) is 24.3 Å². The topological polar surface area (TPSA) is 49.3 Å². The number of hydrogen-bond acceptors (Lipinski definition) is 2. The second-order valence-corrected chi connectivity index (χ2v) is 4.57. The van der Waals surface area contributed by atoms with Crippen LogP contribution in [0.25, 0.3) is 0 Å². The van der Waals surface area contributed by atoms with Gasteiger partial charge in [-0.15, -0.1) is 0 Å². The Kier molecular flexibility index (Phi) is 3.80. The summed E-state index contributed by atoms with van der Waals surface area (Å²) in [5, 5.41) is 11.9. The molecule has 2 aromatic carbocycles. The third-order valence-corrected chi connectivity index (χ3v) is 3.04. The van der Waals surface area contributed by atoms with Crippen LogP contribution in [0.5, 0.6) is 5.75 Å². The first kappa shape index (κ1) is 13.5. The summed E-state index contributed by atoms with van der Waals surface area (Å²) >= 11 is 2.91. The average molecular weight is 328 g/mol. The van der Waals surface area contributed by atoms with Crippen LogP contribution in [0.4, 0.5) is 14.5 Å². The molecule has 0 fully saturated rings. The predicted octanol–water partition coefficient (Wildman–Crippen LogP) is 3.69. The first-order valence-corrected chi connectivity index (χ1v) is 6.02. The fourth-order valence-electron chi connectivity index (χ4n) is 1.44. The second kappa shape index (κ2) is 5.36. The maximum atomic E-state index is 13.4. The quantitative estimate of drug-likeness (QED) is 0.826. The number of hydrogen-bond donors (Lipinski definition) is 2. The lowest BCUT2D eigenvalue weighted by Gasteiger charge is -2.08. The molecule has 1 amide bonds. The van der Waals surface area contributed by atoms with E-state index >= 15 is 0 Å². The van der Waals surface area contributed by atoms with E-state index in [0.29, 0.717) is 0 Å². The molecule has 0 saturated carbocycles. The smallest absolute Gasteiger partial charge is 0.255 e. The summed E-state index contributed by atoms with van der Waals surface area (Å²) in [6, 6.07) is 7.56. The van der Waals surface area contributed by atoms with Gasteiger partial charge in [-0.2, -0.15) is 0 Å². The molecular formula is C13H8BrF2NO2. The highest BCUT2D eigenvalue weighted by Gasteiger charge is 2.14. The highest BCUT2D eigenvalue weighted by Crippen LogP contribution is 2.31. The number of aromatic hydroxyl groups is 1. The van der Waals surface area contributed by atoms with E-state index in [-0.39, 0.29) is 15.7 Å². The minimum absolute atomic E-state index is 0.0602. The highest BCUT2D eigenvalue weighted by molar-refractivity contribution is 9.10. The van der Waals surface area contributed by atoms with Crippen molar-refractivity contribution in [1.29, 1.82) is 0 Å². The zero-order valence-electron chi connectivity index (χ0n) is 9.45. The number of rotatable bonds is 2. The van der Waals surface area contributed by atoms with Crippen molar-refractivity contribution < 1.29 is 18.7 Å². The Bertz CT molecular complexity index is 629. The molecule has 2 aromatic rings. The van der Waals surface area contributed by atoms with Crippen molar-refractivity contribution in [2.24, 2.45) is 0 Å². The van der Waals surface area contributed by atoms with E-state index < -0.39 is 23.3 Å². The van der Waals surface area contributed by atoms with Gasteiger partial charge in [0.2, 0.25) is 0 Å². The van der Waals surface area contributed by atoms with Gasteiger partial charge in [-0.25, -0.2) is 8.78 Å². The molecule has 0 unspecified atom stereocenters. The van der Waals surface area contributed by atoms with Gasteiger partial charge in [-0.3, -0.25) is 4.79 Å². The van der Waals surface area contributed by atoms with E-state index in [1.54, 1.807) is 0 Å². The lowest BCUT2D eigenvalue weighted by atomic mass is 10.2. The zero-order chi connectivity index (χ0) is 14.0. The van der Waals surface area contributed by atoms with Crippen molar-refractivity contribution in [2.45, 2.75) is 0 Å². The highest BCUT2D eigenvalue weighted by atomic mass is 79.9. The van der Waals surface area contributed by atoms with Crippen LogP contribution in [-0.4, -0.2) is 11.0 Å². The van der Waals surface area contributed by atoms with Crippen molar-refractivity contribution in [3.8, 4) is 5.75 Å². The minimum atomic E-state index is -0.864. The predicted molar refractivity (Wildman–Crippen MR) is 70.1 cm³/mol. The van der Waals surface area contributed by atoms with Crippen molar-refractivity contribution in [3.63, 3.8) is 0 Å². The number of anilines is 1.